The molecule has 6 rings (SSSR count). The quantitative estimate of drug-likeness (QED) is 0.157. The van der Waals surface area contributed by atoms with E-state index in [9.17, 15) is 8.42 Å². The number of benzene rings is 5. The van der Waals surface area contributed by atoms with Gasteiger partial charge in [0, 0.05) is 16.6 Å². The van der Waals surface area contributed by atoms with Crippen LogP contribution < -0.4 is 10.2 Å². The van der Waals surface area contributed by atoms with E-state index in [4.69, 9.17) is 4.98 Å². The summed E-state index contributed by atoms with van der Waals surface area (Å²) in [6.07, 6.45) is 0. The van der Waals surface area contributed by atoms with E-state index in [1.54, 1.807) is 29.2 Å². The van der Waals surface area contributed by atoms with Crippen LogP contribution in [0.5, 0.6) is 0 Å². The fourth-order valence-corrected chi connectivity index (χ4v) is 5.73. The molecule has 212 valence electrons. The van der Waals surface area contributed by atoms with Gasteiger partial charge < -0.3 is 5.32 Å². The number of nitrogens with one attached hydrogen (secondary N) is 1. The highest BCUT2D eigenvalue weighted by Gasteiger charge is 2.25. The Morgan fingerprint density at radius 2 is 1.28 bits per heavy atom. The van der Waals surface area contributed by atoms with E-state index in [0.717, 1.165) is 33.2 Å². The molecule has 0 atom stereocenters. The second-order valence-corrected chi connectivity index (χ2v) is 11.9. The minimum atomic E-state index is -4.12. The number of pyridine rings is 1. The number of anilines is 3. The third-order valence-corrected chi connectivity index (χ3v) is 8.34. The Morgan fingerprint density at radius 3 is 1.95 bits per heavy atom. The first kappa shape index (κ1) is 27.9. The summed E-state index contributed by atoms with van der Waals surface area (Å²) in [7, 11) is -4.12. The molecule has 6 aromatic rings. The molecule has 43 heavy (non-hydrogen) atoms. The van der Waals surface area contributed by atoms with Gasteiger partial charge in [0.05, 0.1) is 16.3 Å². The monoisotopic (exact) mass is 582 g/mol. The van der Waals surface area contributed by atoms with Gasteiger partial charge in [-0.2, -0.15) is 8.42 Å². The zero-order valence-electron chi connectivity index (χ0n) is 23.8. The molecule has 7 heteroatoms. The molecular weight excluding hydrogens is 552 g/mol. The number of hydrogen-bond donors (Lipinski definition) is 1. The van der Waals surface area contributed by atoms with Crippen molar-refractivity contribution in [2.75, 3.05) is 10.2 Å². The molecule has 0 aliphatic rings. The first-order valence-electron chi connectivity index (χ1n) is 13.9. The van der Waals surface area contributed by atoms with Crippen molar-refractivity contribution in [1.82, 2.24) is 4.98 Å². The van der Waals surface area contributed by atoms with Crippen LogP contribution in [0.2, 0.25) is 0 Å². The van der Waals surface area contributed by atoms with Crippen LogP contribution in [0.1, 0.15) is 11.1 Å². The number of aromatic nitrogens is 1. The van der Waals surface area contributed by atoms with Crippen molar-refractivity contribution in [2.24, 2.45) is 4.40 Å². The summed E-state index contributed by atoms with van der Waals surface area (Å²) in [5.41, 5.74) is 5.20. The highest BCUT2D eigenvalue weighted by Crippen LogP contribution is 2.35. The fourth-order valence-electron chi connectivity index (χ4n) is 4.79. The van der Waals surface area contributed by atoms with Crippen molar-refractivity contribution in [1.29, 1.82) is 0 Å². The zero-order chi connectivity index (χ0) is 29.8. The summed E-state index contributed by atoms with van der Waals surface area (Å²) in [4.78, 5) is 7.04. The van der Waals surface area contributed by atoms with Crippen molar-refractivity contribution < 1.29 is 8.42 Å². The van der Waals surface area contributed by atoms with Crippen molar-refractivity contribution in [3.63, 3.8) is 0 Å². The number of sulfonamides is 1. The molecule has 6 nitrogen and oxygen atoms in total. The van der Waals surface area contributed by atoms with Crippen LogP contribution in [-0.2, 0) is 10.0 Å². The molecule has 1 heterocycles. The molecule has 5 aromatic carbocycles. The van der Waals surface area contributed by atoms with E-state index in [1.165, 1.54) is 0 Å². The van der Waals surface area contributed by atoms with E-state index in [2.05, 4.69) is 27.9 Å². The lowest BCUT2D eigenvalue weighted by molar-refractivity contribution is 0.598. The van der Waals surface area contributed by atoms with E-state index < -0.39 is 10.0 Å². The normalized spacial score (nSPS) is 11.8. The second-order valence-electron chi connectivity index (χ2n) is 10.3. The first-order valence-corrected chi connectivity index (χ1v) is 15.4. The van der Waals surface area contributed by atoms with Crippen LogP contribution in [0, 0.1) is 13.8 Å². The molecule has 1 N–H and O–H groups in total. The van der Waals surface area contributed by atoms with Gasteiger partial charge in [-0.15, -0.1) is 4.40 Å². The number of para-hydroxylation sites is 2. The predicted octanol–water partition coefficient (Wildman–Crippen LogP) is 8.51. The van der Waals surface area contributed by atoms with Gasteiger partial charge in [0.25, 0.3) is 10.0 Å². The Hall–Kier alpha value is -5.27. The van der Waals surface area contributed by atoms with E-state index in [0.29, 0.717) is 17.2 Å². The molecule has 0 amide bonds. The van der Waals surface area contributed by atoms with Gasteiger partial charge in [0.1, 0.15) is 5.82 Å². The number of nitrogens with zero attached hydrogens (tertiary/aromatic N) is 3. The summed E-state index contributed by atoms with van der Waals surface area (Å²) < 4.78 is 32.1. The summed E-state index contributed by atoms with van der Waals surface area (Å²) in [6, 6.07) is 43.8. The topological polar surface area (TPSA) is 74.7 Å². The molecule has 0 saturated carbocycles. The van der Waals surface area contributed by atoms with Crippen LogP contribution in [0.25, 0.3) is 22.0 Å². The fraction of sp³-hybridized carbons (Fsp3) is 0.0556. The van der Waals surface area contributed by atoms with Crippen LogP contribution in [0.15, 0.2) is 149 Å². The zero-order valence-corrected chi connectivity index (χ0v) is 24.7. The predicted molar refractivity (Wildman–Crippen MR) is 176 cm³/mol. The highest BCUT2D eigenvalue weighted by molar-refractivity contribution is 7.90. The maximum Gasteiger partial charge on any atom is 0.285 e. The standard InChI is InChI=1S/C36H30N4O2S/c1-26-17-21-28(22-18-26)34-25-29-11-9-10-16-33(29)35(38-34)40(31-14-7-4-8-15-31)36(37-30-12-5-3-6-13-30)39-43(41,42)32-23-19-27(2)20-24-32/h3-25H,1-2H3,(H,37,39). The number of hydrogen-bond acceptors (Lipinski definition) is 3. The molecule has 1 aromatic heterocycles. The Morgan fingerprint density at radius 1 is 0.698 bits per heavy atom. The van der Waals surface area contributed by atoms with E-state index >= 15 is 0 Å². The van der Waals surface area contributed by atoms with Gasteiger partial charge in [0.2, 0.25) is 5.96 Å². The Labute approximate surface area is 252 Å². The molecule has 0 bridgehead atoms. The third kappa shape index (κ3) is 6.17. The van der Waals surface area contributed by atoms with Crippen LogP contribution in [0.4, 0.5) is 17.2 Å². The molecular formula is C36H30N4O2S. The largest absolute Gasteiger partial charge is 0.325 e. The number of fused-ring (bicyclic) bond motifs is 1. The van der Waals surface area contributed by atoms with Gasteiger partial charge in [-0.05, 0) is 61.7 Å². The van der Waals surface area contributed by atoms with E-state index in [1.807, 2.05) is 111 Å². The van der Waals surface area contributed by atoms with Crippen LogP contribution in [-0.4, -0.2) is 19.4 Å². The maximum absolute atomic E-state index is 13.8. The van der Waals surface area contributed by atoms with Gasteiger partial charge >= 0.3 is 0 Å². The summed E-state index contributed by atoms with van der Waals surface area (Å²) in [5, 5.41) is 5.11. The van der Waals surface area contributed by atoms with E-state index in [-0.39, 0.29) is 10.9 Å². The summed E-state index contributed by atoms with van der Waals surface area (Å²) >= 11 is 0. The molecule has 0 aliphatic heterocycles. The van der Waals surface area contributed by atoms with Crippen molar-refractivity contribution in [3.8, 4) is 11.3 Å². The lowest BCUT2D eigenvalue weighted by atomic mass is 10.0. The molecule has 0 saturated heterocycles. The van der Waals surface area contributed by atoms with Crippen LogP contribution >= 0.6 is 0 Å². The minimum Gasteiger partial charge on any atom is -0.325 e. The molecule has 0 spiro atoms. The van der Waals surface area contributed by atoms with Crippen molar-refractivity contribution in [3.05, 3.63) is 151 Å². The maximum atomic E-state index is 13.8. The van der Waals surface area contributed by atoms with Gasteiger partial charge in [-0.1, -0.05) is 108 Å². The average molecular weight is 583 g/mol. The Balaban J connectivity index is 1.63. The highest BCUT2D eigenvalue weighted by atomic mass is 32.2. The first-order chi connectivity index (χ1) is 20.9. The molecule has 0 aliphatic carbocycles. The summed E-state index contributed by atoms with van der Waals surface area (Å²) in [5.74, 6) is 0.637. The Bertz CT molecular complexity index is 2010. The molecule has 0 radical (unpaired) electrons. The second kappa shape index (κ2) is 11.9. The smallest absolute Gasteiger partial charge is 0.285 e. The summed E-state index contributed by atoms with van der Waals surface area (Å²) in [6.45, 7) is 3.96. The van der Waals surface area contributed by atoms with Crippen LogP contribution in [0.3, 0.4) is 0 Å². The lowest BCUT2D eigenvalue weighted by Gasteiger charge is -2.27. The Kier molecular flexibility index (Phi) is 7.73. The third-order valence-electron chi connectivity index (χ3n) is 7.06. The number of rotatable bonds is 6. The molecule has 0 unspecified atom stereocenters. The van der Waals surface area contributed by atoms with Crippen molar-refractivity contribution in [2.45, 2.75) is 18.7 Å². The van der Waals surface area contributed by atoms with Gasteiger partial charge in [-0.3, -0.25) is 4.90 Å². The SMILES string of the molecule is Cc1ccc(-c2cc3ccccc3c(N(/C(=N/S(=O)(=O)c3ccc(C)cc3)Nc3ccccc3)c3ccccc3)n2)cc1. The number of aryl methyl sites for hydroxylation is 2. The lowest BCUT2D eigenvalue weighted by Crippen LogP contribution is -2.34. The van der Waals surface area contributed by atoms with Gasteiger partial charge in [0.15, 0.2) is 0 Å². The average Bonchev–Trinajstić information content (AvgIpc) is 3.02. The van der Waals surface area contributed by atoms with Gasteiger partial charge in [-0.25, -0.2) is 4.98 Å². The number of guanidine groups is 1. The molecule has 0 fully saturated rings. The van der Waals surface area contributed by atoms with Crippen molar-refractivity contribution >= 4 is 43.9 Å². The minimum absolute atomic E-state index is 0.0942.